The molecular formula is C18H19N3O2S. The zero-order chi connectivity index (χ0) is 16.5. The number of hydrogen-bond donors (Lipinski definition) is 1. The highest BCUT2D eigenvalue weighted by atomic mass is 32.1. The molecule has 5 nitrogen and oxygen atoms in total. The number of ether oxygens (including phenoxy) is 2. The first-order valence-corrected chi connectivity index (χ1v) is 8.75. The summed E-state index contributed by atoms with van der Waals surface area (Å²) in [4.78, 5) is 8.01. The third kappa shape index (κ3) is 2.79. The van der Waals surface area contributed by atoms with E-state index in [0.717, 1.165) is 46.7 Å². The minimum absolute atomic E-state index is 0.275. The summed E-state index contributed by atoms with van der Waals surface area (Å²) in [6.45, 7) is 2.05. The van der Waals surface area contributed by atoms with E-state index in [9.17, 15) is 0 Å². The summed E-state index contributed by atoms with van der Waals surface area (Å²) in [5.41, 5.74) is 1.12. The zero-order valence-corrected chi connectivity index (χ0v) is 14.5. The average Bonchev–Trinajstić information content (AvgIpc) is 3.24. The zero-order valence-electron chi connectivity index (χ0n) is 13.7. The Balaban J connectivity index is 1.81. The van der Waals surface area contributed by atoms with Crippen molar-refractivity contribution >= 4 is 27.9 Å². The van der Waals surface area contributed by atoms with Crippen LogP contribution in [-0.4, -0.2) is 43.9 Å². The predicted octanol–water partition coefficient (Wildman–Crippen LogP) is 3.67. The second-order valence-electron chi connectivity index (χ2n) is 5.98. The summed E-state index contributed by atoms with van der Waals surface area (Å²) in [5, 5.41) is 7.71. The lowest BCUT2D eigenvalue weighted by Gasteiger charge is -2.14. The van der Waals surface area contributed by atoms with Gasteiger partial charge in [0.15, 0.2) is 11.5 Å². The third-order valence-corrected chi connectivity index (χ3v) is 4.92. The first kappa shape index (κ1) is 15.2. The monoisotopic (exact) mass is 341 g/mol. The van der Waals surface area contributed by atoms with Crippen molar-refractivity contribution in [3.8, 4) is 21.9 Å². The van der Waals surface area contributed by atoms with E-state index in [0.29, 0.717) is 0 Å². The van der Waals surface area contributed by atoms with Gasteiger partial charge >= 0.3 is 0 Å². The Morgan fingerprint density at radius 2 is 2.00 bits per heavy atom. The highest BCUT2D eigenvalue weighted by Crippen LogP contribution is 2.42. The second-order valence-corrected chi connectivity index (χ2v) is 6.93. The SMILES string of the molecule is CN(C)CCNc1ncc(-c2cccs2)c2cc3c(cc12)OCO3. The number of aromatic nitrogens is 1. The average molecular weight is 341 g/mol. The van der Waals surface area contributed by atoms with Crippen LogP contribution in [0.5, 0.6) is 11.5 Å². The molecule has 24 heavy (non-hydrogen) atoms. The number of fused-ring (bicyclic) bond motifs is 2. The molecule has 0 radical (unpaired) electrons. The van der Waals surface area contributed by atoms with Crippen LogP contribution in [0.4, 0.5) is 5.82 Å². The fourth-order valence-corrected chi connectivity index (χ4v) is 3.55. The van der Waals surface area contributed by atoms with Gasteiger partial charge in [-0.1, -0.05) is 6.07 Å². The van der Waals surface area contributed by atoms with E-state index in [2.05, 4.69) is 52.9 Å². The van der Waals surface area contributed by atoms with Crippen molar-refractivity contribution in [1.29, 1.82) is 0 Å². The molecule has 0 saturated heterocycles. The number of benzene rings is 1. The standard InChI is InChI=1S/C18H19N3O2S/c1-21(2)6-5-19-18-13-9-16-15(22-11-23-16)8-12(13)14(10-20-18)17-4-3-7-24-17/h3-4,7-10H,5-6,11H2,1-2H3,(H,19,20). The van der Waals surface area contributed by atoms with Gasteiger partial charge in [0, 0.05) is 35.1 Å². The van der Waals surface area contributed by atoms with Gasteiger partial charge in [-0.2, -0.15) is 0 Å². The number of likely N-dealkylation sites (N-methyl/N-ethyl adjacent to an activating group) is 1. The molecule has 3 heterocycles. The van der Waals surface area contributed by atoms with Crippen LogP contribution in [0.3, 0.4) is 0 Å². The largest absolute Gasteiger partial charge is 0.454 e. The minimum Gasteiger partial charge on any atom is -0.454 e. The Bertz CT molecular complexity index is 862. The van der Waals surface area contributed by atoms with Crippen LogP contribution in [0, 0.1) is 0 Å². The fraction of sp³-hybridized carbons (Fsp3) is 0.278. The number of nitrogens with one attached hydrogen (secondary N) is 1. The third-order valence-electron chi connectivity index (χ3n) is 4.02. The molecule has 1 N–H and O–H groups in total. The summed E-state index contributed by atoms with van der Waals surface area (Å²) in [5.74, 6) is 2.46. The maximum Gasteiger partial charge on any atom is 0.231 e. The molecule has 3 aromatic rings. The van der Waals surface area contributed by atoms with Crippen molar-refractivity contribution < 1.29 is 9.47 Å². The maximum atomic E-state index is 5.57. The number of pyridine rings is 1. The van der Waals surface area contributed by atoms with Gasteiger partial charge in [-0.05, 0) is 43.1 Å². The lowest BCUT2D eigenvalue weighted by molar-refractivity contribution is 0.174. The molecule has 2 aromatic heterocycles. The smallest absolute Gasteiger partial charge is 0.231 e. The molecule has 1 aliphatic heterocycles. The van der Waals surface area contributed by atoms with Gasteiger partial charge in [0.2, 0.25) is 6.79 Å². The Morgan fingerprint density at radius 3 is 2.71 bits per heavy atom. The normalized spacial score (nSPS) is 13.0. The van der Waals surface area contributed by atoms with Crippen molar-refractivity contribution in [3.05, 3.63) is 35.8 Å². The summed E-state index contributed by atoms with van der Waals surface area (Å²) in [6, 6.07) is 8.26. The molecule has 0 bridgehead atoms. The highest BCUT2D eigenvalue weighted by Gasteiger charge is 2.18. The van der Waals surface area contributed by atoms with E-state index in [-0.39, 0.29) is 6.79 Å². The summed E-state index contributed by atoms with van der Waals surface area (Å²) in [7, 11) is 4.12. The lowest BCUT2D eigenvalue weighted by Crippen LogP contribution is -2.21. The minimum atomic E-state index is 0.275. The molecule has 0 spiro atoms. The molecule has 0 aliphatic carbocycles. The van der Waals surface area contributed by atoms with Crippen LogP contribution >= 0.6 is 11.3 Å². The molecule has 4 rings (SSSR count). The van der Waals surface area contributed by atoms with Crippen LogP contribution in [-0.2, 0) is 0 Å². The van der Waals surface area contributed by atoms with Crippen LogP contribution in [0.15, 0.2) is 35.8 Å². The van der Waals surface area contributed by atoms with Gasteiger partial charge < -0.3 is 19.7 Å². The molecule has 0 saturated carbocycles. The summed E-state index contributed by atoms with van der Waals surface area (Å²) in [6.07, 6.45) is 1.94. The second kappa shape index (κ2) is 6.30. The Morgan fingerprint density at radius 1 is 1.21 bits per heavy atom. The molecule has 1 aromatic carbocycles. The van der Waals surface area contributed by atoms with Gasteiger partial charge in [0.1, 0.15) is 5.82 Å². The van der Waals surface area contributed by atoms with Crippen LogP contribution in [0.2, 0.25) is 0 Å². The van der Waals surface area contributed by atoms with E-state index in [1.165, 1.54) is 4.88 Å². The molecule has 0 amide bonds. The van der Waals surface area contributed by atoms with Gasteiger partial charge in [-0.3, -0.25) is 0 Å². The van der Waals surface area contributed by atoms with E-state index in [1.807, 2.05) is 12.3 Å². The van der Waals surface area contributed by atoms with E-state index < -0.39 is 0 Å². The molecule has 6 heteroatoms. The van der Waals surface area contributed by atoms with Crippen LogP contribution in [0.1, 0.15) is 0 Å². The van der Waals surface area contributed by atoms with E-state index in [1.54, 1.807) is 11.3 Å². The van der Waals surface area contributed by atoms with Gasteiger partial charge in [-0.15, -0.1) is 11.3 Å². The number of anilines is 1. The molecular weight excluding hydrogens is 322 g/mol. The van der Waals surface area contributed by atoms with Crippen molar-refractivity contribution in [2.24, 2.45) is 0 Å². The molecule has 124 valence electrons. The topological polar surface area (TPSA) is 46.6 Å². The number of rotatable bonds is 5. The maximum absolute atomic E-state index is 5.57. The molecule has 0 atom stereocenters. The predicted molar refractivity (Wildman–Crippen MR) is 98.2 cm³/mol. The summed E-state index contributed by atoms with van der Waals surface area (Å²) >= 11 is 1.71. The fourth-order valence-electron chi connectivity index (χ4n) is 2.80. The van der Waals surface area contributed by atoms with E-state index in [4.69, 9.17) is 9.47 Å². The van der Waals surface area contributed by atoms with Gasteiger partial charge in [0.05, 0.1) is 0 Å². The van der Waals surface area contributed by atoms with Gasteiger partial charge in [-0.25, -0.2) is 4.98 Å². The van der Waals surface area contributed by atoms with Crippen molar-refractivity contribution in [3.63, 3.8) is 0 Å². The molecule has 0 unspecified atom stereocenters. The lowest BCUT2D eigenvalue weighted by atomic mass is 10.0. The van der Waals surface area contributed by atoms with Crippen LogP contribution in [0.25, 0.3) is 21.2 Å². The molecule has 1 aliphatic rings. The number of hydrogen-bond acceptors (Lipinski definition) is 6. The van der Waals surface area contributed by atoms with Crippen molar-refractivity contribution in [1.82, 2.24) is 9.88 Å². The van der Waals surface area contributed by atoms with Crippen LogP contribution < -0.4 is 14.8 Å². The molecule has 0 fully saturated rings. The highest BCUT2D eigenvalue weighted by molar-refractivity contribution is 7.13. The van der Waals surface area contributed by atoms with Crippen molar-refractivity contribution in [2.75, 3.05) is 39.3 Å². The number of thiophene rings is 1. The Kier molecular flexibility index (Phi) is 4.00. The first-order valence-electron chi connectivity index (χ1n) is 7.87. The summed E-state index contributed by atoms with van der Waals surface area (Å²) < 4.78 is 11.1. The number of nitrogens with zero attached hydrogens (tertiary/aromatic N) is 2. The van der Waals surface area contributed by atoms with Crippen molar-refractivity contribution in [2.45, 2.75) is 0 Å². The Hall–Kier alpha value is -2.31. The quantitative estimate of drug-likeness (QED) is 0.767. The Labute approximate surface area is 144 Å². The van der Waals surface area contributed by atoms with E-state index >= 15 is 0 Å². The van der Waals surface area contributed by atoms with Gasteiger partial charge in [0.25, 0.3) is 0 Å². The first-order chi connectivity index (χ1) is 11.7.